The predicted octanol–water partition coefficient (Wildman–Crippen LogP) is 2.68. The third-order valence-electron chi connectivity index (χ3n) is 3.85. The number of hydrogen-bond acceptors (Lipinski definition) is 2. The normalized spacial score (nSPS) is 27.8. The van der Waals surface area contributed by atoms with Gasteiger partial charge in [-0.3, -0.25) is 4.79 Å². The van der Waals surface area contributed by atoms with E-state index in [2.05, 4.69) is 39.2 Å². The molecule has 1 heterocycles. The minimum atomic E-state index is -1.71. The number of nitrogens with one attached hydrogen (secondary N) is 1. The van der Waals surface area contributed by atoms with Crippen LogP contribution in [0.25, 0.3) is 0 Å². The third kappa shape index (κ3) is 3.07. The molecule has 0 aromatic carbocycles. The molecule has 0 aliphatic carbocycles. The zero-order valence-corrected chi connectivity index (χ0v) is 12.4. The van der Waals surface area contributed by atoms with Gasteiger partial charge in [0.05, 0.1) is 12.1 Å². The van der Waals surface area contributed by atoms with Gasteiger partial charge >= 0.3 is 0 Å². The first-order valence-corrected chi connectivity index (χ1v) is 9.01. The lowest BCUT2D eigenvalue weighted by Gasteiger charge is -2.42. The predicted molar refractivity (Wildman–Crippen MR) is 68.9 cm³/mol. The third-order valence-corrected chi connectivity index (χ3v) is 8.36. The minimum Gasteiger partial charge on any atom is -0.412 e. The lowest BCUT2D eigenvalue weighted by molar-refractivity contribution is -0.125. The molecule has 0 aromatic heterocycles. The largest absolute Gasteiger partial charge is 0.412 e. The maximum Gasteiger partial charge on any atom is 0.220 e. The van der Waals surface area contributed by atoms with E-state index in [0.717, 1.165) is 6.42 Å². The van der Waals surface area contributed by atoms with Crippen LogP contribution in [0.5, 0.6) is 0 Å². The van der Waals surface area contributed by atoms with Crippen LogP contribution in [0.3, 0.4) is 0 Å². The van der Waals surface area contributed by atoms with Gasteiger partial charge in [-0.25, -0.2) is 0 Å². The van der Waals surface area contributed by atoms with Crippen molar-refractivity contribution >= 4 is 14.2 Å². The Morgan fingerprint density at radius 1 is 1.38 bits per heavy atom. The van der Waals surface area contributed by atoms with E-state index in [4.69, 9.17) is 4.43 Å². The maximum atomic E-state index is 11.2. The Kier molecular flexibility index (Phi) is 3.85. The molecule has 2 atom stereocenters. The average Bonchev–Trinajstić information content (AvgIpc) is 2.08. The van der Waals surface area contributed by atoms with Crippen molar-refractivity contribution in [3.05, 3.63) is 0 Å². The minimum absolute atomic E-state index is 0.148. The number of rotatable bonds is 2. The Bertz CT molecular complexity index is 271. The van der Waals surface area contributed by atoms with Crippen LogP contribution >= 0.6 is 0 Å². The summed E-state index contributed by atoms with van der Waals surface area (Å²) in [6.07, 6.45) is 1.65. The molecule has 1 saturated heterocycles. The average molecular weight is 243 g/mol. The summed E-state index contributed by atoms with van der Waals surface area (Å²) in [5.74, 6) is 0.155. The standard InChI is InChI=1S/C12H25NO2Si/c1-9-10(7-8-11(14)13-9)15-16(5,6)12(2,3)4/h9-10H,7-8H2,1-6H3,(H,13,14)/t9-,10+/m0/s1. The fourth-order valence-corrected chi connectivity index (χ4v) is 3.09. The molecule has 0 radical (unpaired) electrons. The molecule has 94 valence electrons. The molecule has 4 heteroatoms. The first kappa shape index (κ1) is 13.7. The fourth-order valence-electron chi connectivity index (χ4n) is 1.66. The highest BCUT2D eigenvalue weighted by atomic mass is 28.4. The number of piperidine rings is 1. The van der Waals surface area contributed by atoms with E-state index in [1.807, 2.05) is 6.92 Å². The molecule has 1 aliphatic heterocycles. The van der Waals surface area contributed by atoms with Crippen molar-refractivity contribution in [2.24, 2.45) is 0 Å². The van der Waals surface area contributed by atoms with Crippen LogP contribution in [-0.2, 0) is 9.22 Å². The molecule has 1 rings (SSSR count). The van der Waals surface area contributed by atoms with Gasteiger partial charge in [0.1, 0.15) is 0 Å². The van der Waals surface area contributed by atoms with E-state index in [1.165, 1.54) is 0 Å². The summed E-state index contributed by atoms with van der Waals surface area (Å²) in [5.41, 5.74) is 0. The Hall–Kier alpha value is -0.353. The Labute approximate surface area is 100 Å². The van der Waals surface area contributed by atoms with Crippen LogP contribution in [0.4, 0.5) is 0 Å². The molecule has 16 heavy (non-hydrogen) atoms. The van der Waals surface area contributed by atoms with Gasteiger partial charge in [0.15, 0.2) is 8.32 Å². The van der Waals surface area contributed by atoms with Crippen molar-refractivity contribution in [2.75, 3.05) is 0 Å². The topological polar surface area (TPSA) is 38.3 Å². The molecule has 0 bridgehead atoms. The van der Waals surface area contributed by atoms with Gasteiger partial charge in [-0.1, -0.05) is 20.8 Å². The molecular formula is C12H25NO2Si. The van der Waals surface area contributed by atoms with Crippen LogP contribution in [-0.4, -0.2) is 26.4 Å². The molecule has 0 spiro atoms. The lowest BCUT2D eigenvalue weighted by atomic mass is 10.0. The summed E-state index contributed by atoms with van der Waals surface area (Å²) < 4.78 is 6.33. The summed E-state index contributed by atoms with van der Waals surface area (Å²) in [6.45, 7) is 13.3. The van der Waals surface area contributed by atoms with Gasteiger partial charge in [0.2, 0.25) is 5.91 Å². The monoisotopic (exact) mass is 243 g/mol. The second-order valence-electron chi connectivity index (χ2n) is 6.31. The molecule has 1 N–H and O–H groups in total. The second-order valence-corrected chi connectivity index (χ2v) is 11.1. The Morgan fingerprint density at radius 3 is 2.38 bits per heavy atom. The molecule has 1 amide bonds. The molecule has 0 unspecified atom stereocenters. The maximum absolute atomic E-state index is 11.2. The summed E-state index contributed by atoms with van der Waals surface area (Å²) in [6, 6.07) is 0.148. The van der Waals surface area contributed by atoms with Crippen molar-refractivity contribution in [1.82, 2.24) is 5.32 Å². The lowest BCUT2D eigenvalue weighted by Crippen LogP contribution is -2.53. The first-order chi connectivity index (χ1) is 7.13. The van der Waals surface area contributed by atoms with E-state index in [9.17, 15) is 4.79 Å². The summed E-state index contributed by atoms with van der Waals surface area (Å²) in [7, 11) is -1.71. The van der Waals surface area contributed by atoms with Gasteiger partial charge in [0.25, 0.3) is 0 Å². The van der Waals surface area contributed by atoms with Crippen LogP contribution < -0.4 is 5.32 Å². The molecular weight excluding hydrogens is 218 g/mol. The molecule has 1 fully saturated rings. The van der Waals surface area contributed by atoms with Crippen LogP contribution in [0.15, 0.2) is 0 Å². The van der Waals surface area contributed by atoms with Crippen LogP contribution in [0.1, 0.15) is 40.5 Å². The molecule has 0 aromatic rings. The highest BCUT2D eigenvalue weighted by molar-refractivity contribution is 6.74. The van der Waals surface area contributed by atoms with E-state index in [0.29, 0.717) is 6.42 Å². The van der Waals surface area contributed by atoms with E-state index in [1.54, 1.807) is 0 Å². The highest BCUT2D eigenvalue weighted by Crippen LogP contribution is 2.38. The number of carbonyl (C=O) groups is 1. The van der Waals surface area contributed by atoms with Gasteiger partial charge in [-0.05, 0) is 31.5 Å². The van der Waals surface area contributed by atoms with Crippen LogP contribution in [0, 0.1) is 0 Å². The first-order valence-electron chi connectivity index (χ1n) is 6.11. The van der Waals surface area contributed by atoms with Gasteiger partial charge in [0, 0.05) is 6.42 Å². The van der Waals surface area contributed by atoms with Crippen molar-refractivity contribution in [3.8, 4) is 0 Å². The number of carbonyl (C=O) groups excluding carboxylic acids is 1. The van der Waals surface area contributed by atoms with Crippen molar-refractivity contribution in [1.29, 1.82) is 0 Å². The summed E-state index contributed by atoms with van der Waals surface area (Å²) in [5, 5.41) is 3.19. The van der Waals surface area contributed by atoms with Crippen molar-refractivity contribution in [2.45, 2.75) is 70.8 Å². The van der Waals surface area contributed by atoms with Crippen LogP contribution in [0.2, 0.25) is 18.1 Å². The van der Waals surface area contributed by atoms with E-state index < -0.39 is 8.32 Å². The molecule has 1 aliphatic rings. The quantitative estimate of drug-likeness (QED) is 0.757. The van der Waals surface area contributed by atoms with Gasteiger partial charge in [-0.15, -0.1) is 0 Å². The van der Waals surface area contributed by atoms with Gasteiger partial charge < -0.3 is 9.74 Å². The smallest absolute Gasteiger partial charge is 0.220 e. The zero-order chi connectivity index (χ0) is 12.6. The number of amides is 1. The van der Waals surface area contributed by atoms with Gasteiger partial charge in [-0.2, -0.15) is 0 Å². The Balaban J connectivity index is 2.64. The molecule has 0 saturated carbocycles. The molecule has 3 nitrogen and oxygen atoms in total. The van der Waals surface area contributed by atoms with E-state index in [-0.39, 0.29) is 23.1 Å². The van der Waals surface area contributed by atoms with E-state index >= 15 is 0 Å². The second kappa shape index (κ2) is 4.49. The number of hydrogen-bond donors (Lipinski definition) is 1. The SMILES string of the molecule is C[C@@H]1NC(=O)CC[C@H]1O[Si](C)(C)C(C)(C)C. The fraction of sp³-hybridized carbons (Fsp3) is 0.917. The summed E-state index contributed by atoms with van der Waals surface area (Å²) >= 11 is 0. The zero-order valence-electron chi connectivity index (χ0n) is 11.4. The highest BCUT2D eigenvalue weighted by Gasteiger charge is 2.41. The Morgan fingerprint density at radius 2 is 1.94 bits per heavy atom. The summed E-state index contributed by atoms with van der Waals surface area (Å²) in [4.78, 5) is 11.2. The van der Waals surface area contributed by atoms with Crippen molar-refractivity contribution in [3.63, 3.8) is 0 Å². The van der Waals surface area contributed by atoms with Crippen molar-refractivity contribution < 1.29 is 9.22 Å².